The molecule has 2 N–H and O–H groups in total. The van der Waals surface area contributed by atoms with E-state index in [0.29, 0.717) is 43.2 Å². The van der Waals surface area contributed by atoms with Gasteiger partial charge in [0.25, 0.3) is 0 Å². The average Bonchev–Trinajstić information content (AvgIpc) is 2.95. The fourth-order valence-electron chi connectivity index (χ4n) is 4.46. The van der Waals surface area contributed by atoms with Gasteiger partial charge in [-0.2, -0.15) is 9.29 Å². The highest BCUT2D eigenvalue weighted by atomic mass is 32.2. The number of pyridine rings is 1. The van der Waals surface area contributed by atoms with Crippen molar-refractivity contribution in [2.45, 2.75) is 12.5 Å². The summed E-state index contributed by atoms with van der Waals surface area (Å²) < 4.78 is 52.8. The van der Waals surface area contributed by atoms with Crippen molar-refractivity contribution in [3.63, 3.8) is 0 Å². The second-order valence-corrected chi connectivity index (χ2v) is 10.9. The predicted octanol–water partition coefficient (Wildman–Crippen LogP) is 1.66. The number of carboxylic acids is 1. The summed E-state index contributed by atoms with van der Waals surface area (Å²) in [6.07, 6.45) is 6.96. The number of nitrogens with zero attached hydrogens (tertiary/aromatic N) is 5. The van der Waals surface area contributed by atoms with Crippen LogP contribution >= 0.6 is 0 Å². The van der Waals surface area contributed by atoms with Crippen molar-refractivity contribution < 1.29 is 32.2 Å². The lowest BCUT2D eigenvalue weighted by molar-refractivity contribution is 0.0696. The van der Waals surface area contributed by atoms with Crippen LogP contribution in [0.2, 0.25) is 0 Å². The van der Waals surface area contributed by atoms with Crippen LogP contribution in [-0.2, 0) is 19.5 Å². The number of aromatic carboxylic acids is 1. The molecule has 0 amide bonds. The number of carbonyl (C=O) groups is 1. The fourth-order valence-corrected chi connectivity index (χ4v) is 6.11. The number of rotatable bonds is 7. The molecule has 0 bridgehead atoms. The van der Waals surface area contributed by atoms with Crippen LogP contribution in [0, 0.1) is 0 Å². The molecular weight excluding hydrogens is 519 g/mol. The van der Waals surface area contributed by atoms with Crippen molar-refractivity contribution in [1.82, 2.24) is 19.3 Å². The molecule has 0 radical (unpaired) electrons. The van der Waals surface area contributed by atoms with E-state index in [1.807, 2.05) is 4.90 Å². The van der Waals surface area contributed by atoms with Gasteiger partial charge in [0, 0.05) is 62.3 Å². The quantitative estimate of drug-likeness (QED) is 0.522. The highest BCUT2D eigenvalue weighted by Gasteiger charge is 2.34. The number of halogens is 1. The van der Waals surface area contributed by atoms with Crippen LogP contribution in [0.4, 0.5) is 16.2 Å². The SMILES string of the molecule is O=C(O)c1cncc(-c2cnc(NC3C=CC(F)=C(S(=O)(=O)N4CCOCC4)C3)nc2N2CCOCC2)c1. The molecular formula is C24H27FN6O6S. The fraction of sp³-hybridized carbons (Fsp3) is 0.417. The molecule has 12 nitrogen and oxygen atoms in total. The minimum absolute atomic E-state index is 0.0350. The molecule has 4 heterocycles. The summed E-state index contributed by atoms with van der Waals surface area (Å²) in [5, 5.41) is 12.5. The molecule has 2 aliphatic heterocycles. The van der Waals surface area contributed by atoms with Gasteiger partial charge in [0.2, 0.25) is 16.0 Å². The highest BCUT2D eigenvalue weighted by molar-refractivity contribution is 7.93. The van der Waals surface area contributed by atoms with Crippen LogP contribution in [0.3, 0.4) is 0 Å². The van der Waals surface area contributed by atoms with Crippen LogP contribution in [0.25, 0.3) is 11.1 Å². The zero-order valence-corrected chi connectivity index (χ0v) is 21.2. The third kappa shape index (κ3) is 5.53. The Labute approximate surface area is 218 Å². The lowest BCUT2D eigenvalue weighted by atomic mass is 10.1. The minimum Gasteiger partial charge on any atom is -0.478 e. The molecule has 38 heavy (non-hydrogen) atoms. The zero-order valence-electron chi connectivity index (χ0n) is 20.4. The van der Waals surface area contributed by atoms with Gasteiger partial charge in [-0.25, -0.2) is 22.6 Å². The number of morpholine rings is 2. The van der Waals surface area contributed by atoms with E-state index in [-0.39, 0.29) is 49.1 Å². The van der Waals surface area contributed by atoms with E-state index in [1.54, 1.807) is 18.5 Å². The summed E-state index contributed by atoms with van der Waals surface area (Å²) in [7, 11) is -3.99. The number of carboxylic acid groups (broad SMARTS) is 1. The van der Waals surface area contributed by atoms with Gasteiger partial charge in [-0.3, -0.25) is 4.98 Å². The molecule has 202 valence electrons. The van der Waals surface area contributed by atoms with Crippen molar-refractivity contribution in [2.24, 2.45) is 0 Å². The van der Waals surface area contributed by atoms with E-state index in [2.05, 4.69) is 15.3 Å². The Morgan fingerprint density at radius 2 is 1.79 bits per heavy atom. The summed E-state index contributed by atoms with van der Waals surface area (Å²) >= 11 is 0. The van der Waals surface area contributed by atoms with Gasteiger partial charge < -0.3 is 24.8 Å². The molecule has 2 aromatic rings. The third-order valence-electron chi connectivity index (χ3n) is 6.46. The summed E-state index contributed by atoms with van der Waals surface area (Å²) in [6, 6.07) is 0.936. The van der Waals surface area contributed by atoms with Gasteiger partial charge in [0.1, 0.15) is 11.6 Å². The van der Waals surface area contributed by atoms with E-state index in [9.17, 15) is 22.7 Å². The Morgan fingerprint density at radius 1 is 1.08 bits per heavy atom. The standard InChI is InChI=1S/C24H27FN6O6S/c25-20-2-1-18(12-21(20)38(34,35)31-5-9-37-10-6-31)28-24-27-15-19(16-11-17(23(32)33)14-26-13-16)22(29-24)30-3-7-36-8-4-30/h1-2,11,13-15,18H,3-10,12H2,(H,32,33)(H,27,28,29). The average molecular weight is 547 g/mol. The molecule has 2 aromatic heterocycles. The van der Waals surface area contributed by atoms with Gasteiger partial charge >= 0.3 is 5.97 Å². The first kappa shape index (κ1) is 26.2. The van der Waals surface area contributed by atoms with Crippen molar-refractivity contribution in [3.8, 4) is 11.1 Å². The molecule has 0 aromatic carbocycles. The van der Waals surface area contributed by atoms with Gasteiger partial charge in [-0.1, -0.05) is 6.08 Å². The number of hydrogen-bond acceptors (Lipinski definition) is 10. The summed E-state index contributed by atoms with van der Waals surface area (Å²) in [6.45, 7) is 3.00. The van der Waals surface area contributed by atoms with Crippen molar-refractivity contribution in [3.05, 3.63) is 53.1 Å². The van der Waals surface area contributed by atoms with Crippen LogP contribution in [0.15, 0.2) is 47.5 Å². The maximum atomic E-state index is 14.7. The Balaban J connectivity index is 1.41. The van der Waals surface area contributed by atoms with Gasteiger partial charge in [0.15, 0.2) is 0 Å². The number of allylic oxidation sites excluding steroid dienone is 2. The van der Waals surface area contributed by atoms with Crippen LogP contribution < -0.4 is 10.2 Å². The summed E-state index contributed by atoms with van der Waals surface area (Å²) in [5.74, 6) is -1.11. The van der Waals surface area contributed by atoms with Crippen molar-refractivity contribution >= 4 is 27.8 Å². The van der Waals surface area contributed by atoms with E-state index in [0.717, 1.165) is 6.08 Å². The van der Waals surface area contributed by atoms with Crippen LogP contribution in [0.5, 0.6) is 0 Å². The normalized spacial score (nSPS) is 21.0. The second-order valence-electron chi connectivity index (χ2n) is 8.90. The van der Waals surface area contributed by atoms with Crippen molar-refractivity contribution in [1.29, 1.82) is 0 Å². The monoisotopic (exact) mass is 546 g/mol. The molecule has 0 saturated carbocycles. The smallest absolute Gasteiger partial charge is 0.337 e. The first-order valence-corrected chi connectivity index (χ1v) is 13.6. The van der Waals surface area contributed by atoms with Crippen LogP contribution in [-0.4, -0.2) is 97.4 Å². The van der Waals surface area contributed by atoms with Crippen molar-refractivity contribution in [2.75, 3.05) is 62.8 Å². The van der Waals surface area contributed by atoms with E-state index in [1.165, 1.54) is 16.6 Å². The maximum absolute atomic E-state index is 14.7. The Kier molecular flexibility index (Phi) is 7.65. The topological polar surface area (TPSA) is 147 Å². The maximum Gasteiger partial charge on any atom is 0.337 e. The van der Waals surface area contributed by atoms with E-state index >= 15 is 0 Å². The Morgan fingerprint density at radius 3 is 2.50 bits per heavy atom. The van der Waals surface area contributed by atoms with Crippen LogP contribution in [0.1, 0.15) is 16.8 Å². The molecule has 5 rings (SSSR count). The molecule has 2 fully saturated rings. The van der Waals surface area contributed by atoms with Gasteiger partial charge in [-0.15, -0.1) is 0 Å². The second kappa shape index (κ2) is 11.1. The summed E-state index contributed by atoms with van der Waals surface area (Å²) in [4.78, 5) is 26.3. The van der Waals surface area contributed by atoms with E-state index in [4.69, 9.17) is 14.5 Å². The molecule has 1 aliphatic carbocycles. The molecule has 3 aliphatic rings. The lowest BCUT2D eigenvalue weighted by Crippen LogP contribution is -2.42. The number of aromatic nitrogens is 3. The molecule has 0 spiro atoms. The number of sulfonamides is 1. The Hall–Kier alpha value is -3.46. The third-order valence-corrected chi connectivity index (χ3v) is 8.49. The summed E-state index contributed by atoms with van der Waals surface area (Å²) in [5.41, 5.74) is 1.17. The first-order chi connectivity index (χ1) is 18.3. The molecule has 1 unspecified atom stereocenters. The van der Waals surface area contributed by atoms with Gasteiger partial charge in [-0.05, 0) is 12.1 Å². The molecule has 14 heteroatoms. The lowest BCUT2D eigenvalue weighted by Gasteiger charge is -2.30. The predicted molar refractivity (Wildman–Crippen MR) is 136 cm³/mol. The largest absolute Gasteiger partial charge is 0.478 e. The minimum atomic E-state index is -3.99. The van der Waals surface area contributed by atoms with Gasteiger partial charge in [0.05, 0.1) is 42.9 Å². The molecule has 2 saturated heterocycles. The number of anilines is 2. The van der Waals surface area contributed by atoms with E-state index < -0.39 is 27.9 Å². The first-order valence-electron chi connectivity index (χ1n) is 12.1. The number of hydrogen-bond donors (Lipinski definition) is 2. The number of ether oxygens (including phenoxy) is 2. The highest BCUT2D eigenvalue weighted by Crippen LogP contribution is 2.32. The number of nitrogens with one attached hydrogen (secondary N) is 1. The Bertz CT molecular complexity index is 1370. The zero-order chi connectivity index (χ0) is 26.7. The molecule has 1 atom stereocenters.